The third kappa shape index (κ3) is 5.38. The second-order valence-corrected chi connectivity index (χ2v) is 4.28. The number of carboxylic acids is 1. The lowest BCUT2D eigenvalue weighted by Crippen LogP contribution is -2.31. The first-order chi connectivity index (χ1) is 8.63. The fraction of sp³-hybridized carbons (Fsp3) is 0.462. The van der Waals surface area contributed by atoms with Crippen LogP contribution in [0.5, 0.6) is 0 Å². The molecule has 100 valence electrons. The van der Waals surface area contributed by atoms with Gasteiger partial charge in [0.25, 0.3) is 0 Å². The van der Waals surface area contributed by atoms with Gasteiger partial charge in [-0.3, -0.25) is 4.79 Å². The third-order valence-electron chi connectivity index (χ3n) is 2.44. The van der Waals surface area contributed by atoms with E-state index >= 15 is 0 Å². The fourth-order valence-electron chi connectivity index (χ4n) is 1.62. The van der Waals surface area contributed by atoms with E-state index in [9.17, 15) is 4.79 Å². The summed E-state index contributed by atoms with van der Waals surface area (Å²) in [5.41, 5.74) is 0.860. The van der Waals surface area contributed by atoms with E-state index in [-0.39, 0.29) is 6.54 Å². The maximum Gasteiger partial charge on any atom is 0.323 e. The molecule has 4 nitrogen and oxygen atoms in total. The van der Waals surface area contributed by atoms with E-state index in [2.05, 4.69) is 0 Å². The molecule has 0 aliphatic rings. The predicted octanol–water partition coefficient (Wildman–Crippen LogP) is 2.66. The van der Waals surface area contributed by atoms with Gasteiger partial charge in [-0.15, -0.1) is 0 Å². The Hall–Kier alpha value is -1.26. The maximum atomic E-state index is 10.8. The van der Waals surface area contributed by atoms with E-state index in [0.29, 0.717) is 24.8 Å². The van der Waals surface area contributed by atoms with Crippen molar-refractivity contribution < 1.29 is 14.6 Å². The summed E-state index contributed by atoms with van der Waals surface area (Å²) < 4.78 is 5.25. The average molecular weight is 272 g/mol. The summed E-state index contributed by atoms with van der Waals surface area (Å²) in [6, 6.07) is 7.17. The highest BCUT2D eigenvalue weighted by Crippen LogP contribution is 2.18. The molecule has 5 heteroatoms. The van der Waals surface area contributed by atoms with Crippen LogP contribution in [0.15, 0.2) is 24.3 Å². The molecule has 0 heterocycles. The Morgan fingerprint density at radius 3 is 2.61 bits per heavy atom. The van der Waals surface area contributed by atoms with Gasteiger partial charge >= 0.3 is 5.97 Å². The molecule has 1 rings (SSSR count). The molecule has 0 unspecified atom stereocenters. The van der Waals surface area contributed by atoms with E-state index in [1.54, 1.807) is 17.0 Å². The van der Waals surface area contributed by atoms with Crippen molar-refractivity contribution in [1.82, 2.24) is 0 Å². The zero-order valence-electron chi connectivity index (χ0n) is 10.4. The van der Waals surface area contributed by atoms with Crippen molar-refractivity contribution in [2.45, 2.75) is 13.3 Å². The van der Waals surface area contributed by atoms with Crippen LogP contribution < -0.4 is 4.90 Å². The van der Waals surface area contributed by atoms with Crippen molar-refractivity contribution in [1.29, 1.82) is 0 Å². The number of carboxylic acid groups (broad SMARTS) is 1. The topological polar surface area (TPSA) is 49.8 Å². The zero-order valence-corrected chi connectivity index (χ0v) is 11.2. The van der Waals surface area contributed by atoms with Crippen LogP contribution in [-0.4, -0.2) is 37.4 Å². The van der Waals surface area contributed by atoms with Gasteiger partial charge in [-0.25, -0.2) is 0 Å². The van der Waals surface area contributed by atoms with Crippen molar-refractivity contribution in [2.75, 3.05) is 31.2 Å². The minimum atomic E-state index is -0.846. The molecule has 0 atom stereocenters. The van der Waals surface area contributed by atoms with Crippen LogP contribution in [0.2, 0.25) is 5.02 Å². The number of ether oxygens (including phenoxy) is 1. The molecule has 0 fully saturated rings. The normalized spacial score (nSPS) is 10.3. The lowest BCUT2D eigenvalue weighted by atomic mass is 10.2. The number of carbonyl (C=O) groups is 1. The molecule has 0 spiro atoms. The molecule has 0 radical (unpaired) electrons. The summed E-state index contributed by atoms with van der Waals surface area (Å²) >= 11 is 5.81. The highest BCUT2D eigenvalue weighted by Gasteiger charge is 2.10. The summed E-state index contributed by atoms with van der Waals surface area (Å²) in [6.45, 7) is 3.88. The van der Waals surface area contributed by atoms with Crippen LogP contribution in [0.25, 0.3) is 0 Å². The molecule has 18 heavy (non-hydrogen) atoms. The SMILES string of the molecule is CCOCCCN(CC(=O)O)c1ccc(Cl)cc1. The smallest absolute Gasteiger partial charge is 0.323 e. The number of hydrogen-bond donors (Lipinski definition) is 1. The standard InChI is InChI=1S/C13H18ClNO3/c1-2-18-9-3-8-15(10-13(16)17)12-6-4-11(14)5-7-12/h4-7H,2-3,8-10H2,1H3,(H,16,17). The summed E-state index contributed by atoms with van der Waals surface area (Å²) in [5, 5.41) is 9.55. The Bertz CT molecular complexity index is 367. The van der Waals surface area contributed by atoms with Crippen LogP contribution in [-0.2, 0) is 9.53 Å². The van der Waals surface area contributed by atoms with Crippen molar-refractivity contribution in [3.8, 4) is 0 Å². The number of rotatable bonds is 8. The minimum absolute atomic E-state index is 0.0201. The van der Waals surface area contributed by atoms with Crippen molar-refractivity contribution in [3.63, 3.8) is 0 Å². The minimum Gasteiger partial charge on any atom is -0.480 e. The quantitative estimate of drug-likeness (QED) is 0.739. The monoisotopic (exact) mass is 271 g/mol. The summed E-state index contributed by atoms with van der Waals surface area (Å²) in [5.74, 6) is -0.846. The third-order valence-corrected chi connectivity index (χ3v) is 2.69. The Morgan fingerprint density at radius 1 is 1.39 bits per heavy atom. The second-order valence-electron chi connectivity index (χ2n) is 3.84. The van der Waals surface area contributed by atoms with Gasteiger partial charge in [0.2, 0.25) is 0 Å². The molecule has 0 amide bonds. The molecule has 0 aromatic heterocycles. The van der Waals surface area contributed by atoms with Crippen LogP contribution in [0.3, 0.4) is 0 Å². The predicted molar refractivity (Wildman–Crippen MR) is 72.4 cm³/mol. The molecule has 0 aliphatic carbocycles. The molecule has 0 saturated heterocycles. The molecular weight excluding hydrogens is 254 g/mol. The van der Waals surface area contributed by atoms with Crippen LogP contribution in [0.4, 0.5) is 5.69 Å². The van der Waals surface area contributed by atoms with E-state index < -0.39 is 5.97 Å². The number of benzene rings is 1. The highest BCUT2D eigenvalue weighted by molar-refractivity contribution is 6.30. The van der Waals surface area contributed by atoms with E-state index in [4.69, 9.17) is 21.4 Å². The highest BCUT2D eigenvalue weighted by atomic mass is 35.5. The summed E-state index contributed by atoms with van der Waals surface area (Å²) in [7, 11) is 0. The van der Waals surface area contributed by atoms with Crippen molar-refractivity contribution in [2.24, 2.45) is 0 Å². The molecular formula is C13H18ClNO3. The van der Waals surface area contributed by atoms with Gasteiger partial charge < -0.3 is 14.7 Å². The largest absolute Gasteiger partial charge is 0.480 e. The van der Waals surface area contributed by atoms with Gasteiger partial charge in [0.05, 0.1) is 0 Å². The number of hydrogen-bond acceptors (Lipinski definition) is 3. The van der Waals surface area contributed by atoms with Gasteiger partial charge in [-0.2, -0.15) is 0 Å². The molecule has 1 aromatic carbocycles. The average Bonchev–Trinajstić information content (AvgIpc) is 2.34. The lowest BCUT2D eigenvalue weighted by molar-refractivity contribution is -0.135. The van der Waals surface area contributed by atoms with Crippen LogP contribution in [0, 0.1) is 0 Å². The molecule has 1 N–H and O–H groups in total. The Balaban J connectivity index is 2.59. The Kier molecular flexibility index (Phi) is 6.54. The van der Waals surface area contributed by atoms with Gasteiger partial charge in [0, 0.05) is 30.5 Å². The van der Waals surface area contributed by atoms with Gasteiger partial charge in [-0.1, -0.05) is 11.6 Å². The number of aliphatic carboxylic acids is 1. The summed E-state index contributed by atoms with van der Waals surface area (Å²) in [4.78, 5) is 12.6. The molecule has 0 aliphatic heterocycles. The van der Waals surface area contributed by atoms with E-state index in [0.717, 1.165) is 12.1 Å². The first kappa shape index (κ1) is 14.8. The van der Waals surface area contributed by atoms with Crippen LogP contribution >= 0.6 is 11.6 Å². The number of anilines is 1. The Morgan fingerprint density at radius 2 is 2.06 bits per heavy atom. The van der Waals surface area contributed by atoms with Gasteiger partial charge in [0.15, 0.2) is 0 Å². The number of halogens is 1. The van der Waals surface area contributed by atoms with Gasteiger partial charge in [-0.05, 0) is 37.6 Å². The van der Waals surface area contributed by atoms with E-state index in [1.165, 1.54) is 0 Å². The van der Waals surface area contributed by atoms with Gasteiger partial charge in [0.1, 0.15) is 6.54 Å². The number of nitrogens with zero attached hydrogens (tertiary/aromatic N) is 1. The first-order valence-electron chi connectivity index (χ1n) is 5.93. The Labute approximate surface area is 112 Å². The van der Waals surface area contributed by atoms with E-state index in [1.807, 2.05) is 19.1 Å². The molecule has 0 bridgehead atoms. The fourth-order valence-corrected chi connectivity index (χ4v) is 1.74. The summed E-state index contributed by atoms with van der Waals surface area (Å²) in [6.07, 6.45) is 0.795. The zero-order chi connectivity index (χ0) is 13.4. The van der Waals surface area contributed by atoms with Crippen molar-refractivity contribution in [3.05, 3.63) is 29.3 Å². The molecule has 0 saturated carbocycles. The lowest BCUT2D eigenvalue weighted by Gasteiger charge is -2.22. The van der Waals surface area contributed by atoms with Crippen LogP contribution in [0.1, 0.15) is 13.3 Å². The van der Waals surface area contributed by atoms with Crippen molar-refractivity contribution >= 4 is 23.3 Å². The second kappa shape index (κ2) is 7.95. The maximum absolute atomic E-state index is 10.8. The first-order valence-corrected chi connectivity index (χ1v) is 6.31. The molecule has 1 aromatic rings.